The minimum absolute atomic E-state index is 0.246. The molecule has 0 heterocycles. The van der Waals surface area contributed by atoms with Gasteiger partial charge in [-0.15, -0.1) is 0 Å². The molecule has 0 bridgehead atoms. The fourth-order valence-corrected chi connectivity index (χ4v) is 1.26. The average Bonchev–Trinajstić information content (AvgIpc) is 1.93. The van der Waals surface area contributed by atoms with Crippen molar-refractivity contribution < 1.29 is 0 Å². The van der Waals surface area contributed by atoms with E-state index in [0.29, 0.717) is 0 Å². The number of rotatable bonds is 2. The van der Waals surface area contributed by atoms with E-state index in [4.69, 9.17) is 5.73 Å². The Kier molecular flexibility index (Phi) is 3.09. The summed E-state index contributed by atoms with van der Waals surface area (Å²) in [6.45, 7) is 2.02. The molecule has 0 fully saturated rings. The van der Waals surface area contributed by atoms with Gasteiger partial charge >= 0.3 is 0 Å². The van der Waals surface area contributed by atoms with Crippen LogP contribution in [0.3, 0.4) is 0 Å². The first-order chi connectivity index (χ1) is 5.18. The summed E-state index contributed by atoms with van der Waals surface area (Å²) >= 11 is 3.38. The van der Waals surface area contributed by atoms with Gasteiger partial charge in [-0.3, -0.25) is 0 Å². The van der Waals surface area contributed by atoms with Crippen LogP contribution in [-0.2, 0) is 6.42 Å². The highest BCUT2D eigenvalue weighted by atomic mass is 79.9. The number of nitrogens with two attached hydrogens (primary N) is 1. The van der Waals surface area contributed by atoms with E-state index in [1.54, 1.807) is 0 Å². The maximum Gasteiger partial charge on any atom is 0.0175 e. The number of hydrogen-bond donors (Lipinski definition) is 1. The summed E-state index contributed by atoms with van der Waals surface area (Å²) in [4.78, 5) is 0. The molecule has 0 spiro atoms. The third-order valence-corrected chi connectivity index (χ3v) is 2.00. The first-order valence-electron chi connectivity index (χ1n) is 3.68. The van der Waals surface area contributed by atoms with Crippen LogP contribution in [0.15, 0.2) is 28.7 Å². The van der Waals surface area contributed by atoms with Gasteiger partial charge in [0, 0.05) is 10.5 Å². The Morgan fingerprint density at radius 2 is 1.91 bits per heavy atom. The monoisotopic (exact) mass is 213 g/mol. The fraction of sp³-hybridized carbons (Fsp3) is 0.333. The molecule has 0 amide bonds. The second-order valence-electron chi connectivity index (χ2n) is 2.81. The van der Waals surface area contributed by atoms with Crippen LogP contribution >= 0.6 is 15.9 Å². The summed E-state index contributed by atoms with van der Waals surface area (Å²) in [5.74, 6) is 0. The lowest BCUT2D eigenvalue weighted by Crippen LogP contribution is -2.17. The zero-order chi connectivity index (χ0) is 8.27. The largest absolute Gasteiger partial charge is 0.328 e. The molecule has 0 aromatic heterocycles. The van der Waals surface area contributed by atoms with E-state index in [1.165, 1.54) is 5.56 Å². The van der Waals surface area contributed by atoms with Gasteiger partial charge in [-0.25, -0.2) is 0 Å². The van der Waals surface area contributed by atoms with E-state index in [1.807, 2.05) is 19.1 Å². The van der Waals surface area contributed by atoms with E-state index in [2.05, 4.69) is 28.1 Å². The van der Waals surface area contributed by atoms with Crippen molar-refractivity contribution in [1.82, 2.24) is 0 Å². The van der Waals surface area contributed by atoms with Crippen LogP contribution in [0, 0.1) is 0 Å². The Labute approximate surface area is 75.7 Å². The molecular weight excluding hydrogens is 202 g/mol. The molecule has 0 aliphatic rings. The summed E-state index contributed by atoms with van der Waals surface area (Å²) in [5.41, 5.74) is 6.95. The minimum Gasteiger partial charge on any atom is -0.328 e. The van der Waals surface area contributed by atoms with Gasteiger partial charge in [0.25, 0.3) is 0 Å². The first kappa shape index (κ1) is 8.75. The molecule has 0 unspecified atom stereocenters. The van der Waals surface area contributed by atoms with E-state index in [-0.39, 0.29) is 6.04 Å². The number of benzene rings is 1. The molecule has 1 aromatic rings. The summed E-state index contributed by atoms with van der Waals surface area (Å²) in [7, 11) is 0. The second-order valence-corrected chi connectivity index (χ2v) is 3.72. The molecule has 1 aromatic carbocycles. The van der Waals surface area contributed by atoms with Crippen LogP contribution in [-0.4, -0.2) is 6.04 Å². The maximum atomic E-state index is 5.65. The van der Waals surface area contributed by atoms with Gasteiger partial charge in [0.1, 0.15) is 0 Å². The molecule has 1 atom stereocenters. The quantitative estimate of drug-likeness (QED) is 0.803. The molecule has 0 aliphatic carbocycles. The topological polar surface area (TPSA) is 26.0 Å². The normalized spacial score (nSPS) is 13.0. The van der Waals surface area contributed by atoms with Crippen molar-refractivity contribution in [2.24, 2.45) is 5.73 Å². The zero-order valence-electron chi connectivity index (χ0n) is 6.55. The van der Waals surface area contributed by atoms with Crippen molar-refractivity contribution in [1.29, 1.82) is 0 Å². The Bertz CT molecular complexity index is 216. The third-order valence-electron chi connectivity index (χ3n) is 1.47. The summed E-state index contributed by atoms with van der Waals surface area (Å²) in [6.07, 6.45) is 0.952. The van der Waals surface area contributed by atoms with E-state index in [0.717, 1.165) is 10.9 Å². The highest BCUT2D eigenvalue weighted by molar-refractivity contribution is 9.10. The second kappa shape index (κ2) is 3.88. The molecule has 1 rings (SSSR count). The molecule has 0 aliphatic heterocycles. The maximum absolute atomic E-state index is 5.65. The lowest BCUT2D eigenvalue weighted by molar-refractivity contribution is 0.738. The predicted octanol–water partition coefficient (Wildman–Crippen LogP) is 2.34. The van der Waals surface area contributed by atoms with Crippen LogP contribution in [0.5, 0.6) is 0 Å². The van der Waals surface area contributed by atoms with Crippen molar-refractivity contribution in [2.75, 3.05) is 0 Å². The van der Waals surface area contributed by atoms with Crippen LogP contribution < -0.4 is 5.73 Å². The molecule has 1 nitrogen and oxygen atoms in total. The SMILES string of the molecule is C[C@H](N)Cc1ccc(Br)cc1. The summed E-state index contributed by atoms with van der Waals surface area (Å²) < 4.78 is 1.12. The van der Waals surface area contributed by atoms with Crippen LogP contribution in [0.25, 0.3) is 0 Å². The zero-order valence-corrected chi connectivity index (χ0v) is 8.14. The fourth-order valence-electron chi connectivity index (χ4n) is 0.992. The van der Waals surface area contributed by atoms with Crippen molar-refractivity contribution in [3.05, 3.63) is 34.3 Å². The van der Waals surface area contributed by atoms with Gasteiger partial charge in [-0.2, -0.15) is 0 Å². The highest BCUT2D eigenvalue weighted by Gasteiger charge is 1.96. The molecule has 60 valence electrons. The van der Waals surface area contributed by atoms with Crippen LogP contribution in [0.4, 0.5) is 0 Å². The van der Waals surface area contributed by atoms with Gasteiger partial charge in [0.2, 0.25) is 0 Å². The Balaban J connectivity index is 2.66. The molecule has 2 heteroatoms. The molecule has 11 heavy (non-hydrogen) atoms. The van der Waals surface area contributed by atoms with Crippen molar-refractivity contribution in [2.45, 2.75) is 19.4 Å². The number of halogens is 1. The van der Waals surface area contributed by atoms with E-state index < -0.39 is 0 Å². The number of hydrogen-bond acceptors (Lipinski definition) is 1. The minimum atomic E-state index is 0.246. The molecule has 0 saturated heterocycles. The van der Waals surface area contributed by atoms with Crippen molar-refractivity contribution >= 4 is 15.9 Å². The highest BCUT2D eigenvalue weighted by Crippen LogP contribution is 2.11. The molecular formula is C9H12BrN. The van der Waals surface area contributed by atoms with Gasteiger partial charge in [0.05, 0.1) is 0 Å². The lowest BCUT2D eigenvalue weighted by Gasteiger charge is -2.03. The van der Waals surface area contributed by atoms with Gasteiger partial charge in [-0.1, -0.05) is 28.1 Å². The smallest absolute Gasteiger partial charge is 0.0175 e. The Morgan fingerprint density at radius 3 is 2.36 bits per heavy atom. The first-order valence-corrected chi connectivity index (χ1v) is 4.48. The van der Waals surface area contributed by atoms with E-state index >= 15 is 0 Å². The standard InChI is InChI=1S/C9H12BrN/c1-7(11)6-8-2-4-9(10)5-3-8/h2-5,7H,6,11H2,1H3/t7-/m0/s1. The Morgan fingerprint density at radius 1 is 1.36 bits per heavy atom. The average molecular weight is 214 g/mol. The third kappa shape index (κ3) is 3.04. The van der Waals surface area contributed by atoms with Gasteiger partial charge in [-0.05, 0) is 31.0 Å². The van der Waals surface area contributed by atoms with Crippen LogP contribution in [0.2, 0.25) is 0 Å². The molecule has 0 radical (unpaired) electrons. The van der Waals surface area contributed by atoms with Crippen molar-refractivity contribution in [3.63, 3.8) is 0 Å². The lowest BCUT2D eigenvalue weighted by atomic mass is 10.1. The van der Waals surface area contributed by atoms with Gasteiger partial charge < -0.3 is 5.73 Å². The summed E-state index contributed by atoms with van der Waals surface area (Å²) in [5, 5.41) is 0. The predicted molar refractivity (Wildman–Crippen MR) is 51.5 cm³/mol. The summed E-state index contributed by atoms with van der Waals surface area (Å²) in [6, 6.07) is 8.51. The Hall–Kier alpha value is -0.340. The van der Waals surface area contributed by atoms with E-state index in [9.17, 15) is 0 Å². The molecule has 2 N–H and O–H groups in total. The van der Waals surface area contributed by atoms with Crippen LogP contribution in [0.1, 0.15) is 12.5 Å². The molecule has 0 saturated carbocycles. The van der Waals surface area contributed by atoms with Crippen molar-refractivity contribution in [3.8, 4) is 0 Å². The van der Waals surface area contributed by atoms with Gasteiger partial charge in [0.15, 0.2) is 0 Å².